The fraction of sp³-hybridized carbons (Fsp3) is 0.417. The lowest BCUT2D eigenvalue weighted by atomic mass is 10.1. The maximum atomic E-state index is 13.8. The van der Waals surface area contributed by atoms with E-state index in [-0.39, 0.29) is 17.3 Å². The van der Waals surface area contributed by atoms with Crippen LogP contribution < -0.4 is 4.90 Å². The highest BCUT2D eigenvalue weighted by Gasteiger charge is 2.25. The van der Waals surface area contributed by atoms with Crippen LogP contribution in [0.3, 0.4) is 0 Å². The maximum Gasteiger partial charge on any atom is 0.150 e. The van der Waals surface area contributed by atoms with E-state index >= 15 is 0 Å². The van der Waals surface area contributed by atoms with E-state index in [2.05, 4.69) is 0 Å². The summed E-state index contributed by atoms with van der Waals surface area (Å²) in [6.07, 6.45) is 0.931. The molecule has 1 aromatic carbocycles. The molecule has 0 bridgehead atoms. The van der Waals surface area contributed by atoms with Crippen LogP contribution >= 0.6 is 11.8 Å². The lowest BCUT2D eigenvalue weighted by molar-refractivity contribution is 0.562. The summed E-state index contributed by atoms with van der Waals surface area (Å²) in [6, 6.07) is 4.07. The van der Waals surface area contributed by atoms with Crippen molar-refractivity contribution in [3.63, 3.8) is 0 Å². The van der Waals surface area contributed by atoms with Crippen LogP contribution in [0, 0.1) is 23.0 Å². The molecule has 1 fully saturated rings. The van der Waals surface area contributed by atoms with Crippen LogP contribution in [0.2, 0.25) is 0 Å². The quantitative estimate of drug-likeness (QED) is 0.812. The van der Waals surface area contributed by atoms with E-state index in [0.29, 0.717) is 0 Å². The first-order valence-corrected chi connectivity index (χ1v) is 6.48. The molecule has 0 amide bonds. The Labute approximate surface area is 103 Å². The number of nitriles is 1. The number of hydrogen-bond donors (Lipinski definition) is 0. The number of hydrogen-bond acceptors (Lipinski definition) is 3. The zero-order valence-electron chi connectivity index (χ0n) is 9.41. The molecule has 0 spiro atoms. The minimum Gasteiger partial charge on any atom is -0.366 e. The first kappa shape index (κ1) is 12.2. The second-order valence-electron chi connectivity index (χ2n) is 4.03. The van der Waals surface area contributed by atoms with Gasteiger partial charge in [-0.1, -0.05) is 0 Å². The van der Waals surface area contributed by atoms with Crippen molar-refractivity contribution in [1.82, 2.24) is 0 Å². The molecule has 1 unspecified atom stereocenters. The average molecular weight is 254 g/mol. The van der Waals surface area contributed by atoms with E-state index in [1.54, 1.807) is 29.8 Å². The predicted octanol–water partition coefficient (Wildman–Crippen LogP) is 2.78. The molecule has 0 N–H and O–H groups in total. The van der Waals surface area contributed by atoms with Crippen molar-refractivity contribution < 1.29 is 8.78 Å². The Balaban J connectivity index is 2.35. The Morgan fingerprint density at radius 2 is 2.06 bits per heavy atom. The van der Waals surface area contributed by atoms with Gasteiger partial charge in [-0.2, -0.15) is 17.0 Å². The van der Waals surface area contributed by atoms with Gasteiger partial charge in [-0.25, -0.2) is 8.78 Å². The van der Waals surface area contributed by atoms with Gasteiger partial charge in [0.2, 0.25) is 0 Å². The minimum atomic E-state index is -0.666. The molecular formula is C12H12F2N2S. The number of rotatable bonds is 2. The Hall–Kier alpha value is -1.28. The van der Waals surface area contributed by atoms with Crippen molar-refractivity contribution in [2.24, 2.45) is 0 Å². The van der Waals surface area contributed by atoms with Crippen molar-refractivity contribution >= 4 is 17.4 Å². The third-order valence-corrected chi connectivity index (χ3v) is 4.10. The fourth-order valence-corrected chi connectivity index (χ4v) is 3.24. The smallest absolute Gasteiger partial charge is 0.150 e. The number of thioether (sulfide) groups is 1. The molecule has 17 heavy (non-hydrogen) atoms. The molecule has 0 radical (unpaired) electrons. The predicted molar refractivity (Wildman–Crippen MR) is 65.2 cm³/mol. The number of benzene rings is 1. The van der Waals surface area contributed by atoms with E-state index in [0.717, 1.165) is 30.1 Å². The fourth-order valence-electron chi connectivity index (χ4n) is 1.98. The van der Waals surface area contributed by atoms with Crippen molar-refractivity contribution in [1.29, 1.82) is 5.26 Å². The first-order valence-electron chi connectivity index (χ1n) is 5.33. The van der Waals surface area contributed by atoms with Crippen molar-refractivity contribution in [3.05, 3.63) is 29.3 Å². The molecule has 1 aliphatic rings. The number of halogens is 2. The molecule has 90 valence electrons. The number of anilines is 1. The zero-order chi connectivity index (χ0) is 12.4. The van der Waals surface area contributed by atoms with E-state index < -0.39 is 11.6 Å². The molecule has 1 aliphatic heterocycles. The molecular weight excluding hydrogens is 242 g/mol. The van der Waals surface area contributed by atoms with E-state index in [9.17, 15) is 8.78 Å². The molecule has 1 aromatic rings. The highest BCUT2D eigenvalue weighted by molar-refractivity contribution is 7.99. The summed E-state index contributed by atoms with van der Waals surface area (Å²) >= 11 is 1.79. The first-order chi connectivity index (χ1) is 8.13. The van der Waals surface area contributed by atoms with Crippen LogP contribution in [0.15, 0.2) is 12.1 Å². The molecule has 0 aromatic heterocycles. The lowest BCUT2D eigenvalue weighted by Crippen LogP contribution is -2.32. The van der Waals surface area contributed by atoms with Crippen molar-refractivity contribution in [2.45, 2.75) is 12.5 Å². The Kier molecular flexibility index (Phi) is 3.53. The van der Waals surface area contributed by atoms with E-state index in [4.69, 9.17) is 5.26 Å². The van der Waals surface area contributed by atoms with Gasteiger partial charge >= 0.3 is 0 Å². The van der Waals surface area contributed by atoms with Gasteiger partial charge in [0.05, 0.1) is 11.6 Å². The summed E-state index contributed by atoms with van der Waals surface area (Å²) in [5.41, 5.74) is -0.0190. The maximum absolute atomic E-state index is 13.8. The third kappa shape index (κ3) is 2.37. The van der Waals surface area contributed by atoms with Gasteiger partial charge in [-0.05, 0) is 24.3 Å². The van der Waals surface area contributed by atoms with Crippen LogP contribution in [0.25, 0.3) is 0 Å². The van der Waals surface area contributed by atoms with Crippen LogP contribution in [0.1, 0.15) is 12.0 Å². The largest absolute Gasteiger partial charge is 0.366 e. The van der Waals surface area contributed by atoms with Gasteiger partial charge < -0.3 is 4.90 Å². The summed E-state index contributed by atoms with van der Waals surface area (Å²) in [6.45, 7) is 0. The summed E-state index contributed by atoms with van der Waals surface area (Å²) in [5, 5.41) is 8.63. The SMILES string of the molecule is CN(c1c(F)cc(C#N)cc1F)C1CCSC1. The van der Waals surface area contributed by atoms with Crippen molar-refractivity contribution in [2.75, 3.05) is 23.5 Å². The van der Waals surface area contributed by atoms with Gasteiger partial charge in [-0.3, -0.25) is 0 Å². The normalized spacial score (nSPS) is 19.1. The number of nitrogens with zero attached hydrogens (tertiary/aromatic N) is 2. The van der Waals surface area contributed by atoms with Crippen LogP contribution in [-0.2, 0) is 0 Å². The zero-order valence-corrected chi connectivity index (χ0v) is 10.2. The molecule has 1 atom stereocenters. The second-order valence-corrected chi connectivity index (χ2v) is 5.18. The van der Waals surface area contributed by atoms with Crippen LogP contribution in [-0.4, -0.2) is 24.6 Å². The molecule has 0 saturated carbocycles. The highest BCUT2D eigenvalue weighted by atomic mass is 32.2. The summed E-state index contributed by atoms with van der Waals surface area (Å²) in [7, 11) is 1.70. The Morgan fingerprint density at radius 1 is 1.41 bits per heavy atom. The average Bonchev–Trinajstić information content (AvgIpc) is 2.81. The Morgan fingerprint density at radius 3 is 2.53 bits per heavy atom. The van der Waals surface area contributed by atoms with E-state index in [1.165, 1.54) is 0 Å². The highest BCUT2D eigenvalue weighted by Crippen LogP contribution is 2.30. The van der Waals surface area contributed by atoms with Crippen molar-refractivity contribution in [3.8, 4) is 6.07 Å². The topological polar surface area (TPSA) is 27.0 Å². The molecule has 0 aliphatic carbocycles. The van der Waals surface area contributed by atoms with Crippen LogP contribution in [0.5, 0.6) is 0 Å². The molecule has 1 saturated heterocycles. The molecule has 5 heteroatoms. The molecule has 2 rings (SSSR count). The summed E-state index contributed by atoms with van der Waals surface area (Å²) in [4.78, 5) is 1.64. The third-order valence-electron chi connectivity index (χ3n) is 2.95. The van der Waals surface area contributed by atoms with Gasteiger partial charge in [0, 0.05) is 18.8 Å². The van der Waals surface area contributed by atoms with Crippen LogP contribution in [0.4, 0.5) is 14.5 Å². The second kappa shape index (κ2) is 4.92. The van der Waals surface area contributed by atoms with Gasteiger partial charge in [0.1, 0.15) is 5.69 Å². The molecule has 1 heterocycles. The monoisotopic (exact) mass is 254 g/mol. The van der Waals surface area contributed by atoms with Gasteiger partial charge in [0.25, 0.3) is 0 Å². The van der Waals surface area contributed by atoms with Gasteiger partial charge in [-0.15, -0.1) is 0 Å². The lowest BCUT2D eigenvalue weighted by Gasteiger charge is -2.26. The standard InChI is InChI=1S/C12H12F2N2S/c1-16(9-2-3-17-7-9)12-10(13)4-8(6-15)5-11(12)14/h4-5,9H,2-3,7H2,1H3. The summed E-state index contributed by atoms with van der Waals surface area (Å²) < 4.78 is 27.5. The van der Waals surface area contributed by atoms with Gasteiger partial charge in [0.15, 0.2) is 11.6 Å². The summed E-state index contributed by atoms with van der Waals surface area (Å²) in [5.74, 6) is 0.575. The molecule has 2 nitrogen and oxygen atoms in total. The Bertz CT molecular complexity index is 441. The van der Waals surface area contributed by atoms with E-state index in [1.807, 2.05) is 0 Å². The minimum absolute atomic E-state index is 0.0120.